The molecule has 0 radical (unpaired) electrons. The topological polar surface area (TPSA) is 72.8 Å². The van der Waals surface area contributed by atoms with Gasteiger partial charge in [0.05, 0.1) is 6.61 Å². The van der Waals surface area contributed by atoms with Crippen LogP contribution in [0.4, 0.5) is 0 Å². The van der Waals surface area contributed by atoms with Crippen LogP contribution in [0.1, 0.15) is 129 Å². The number of hydrogen-bond acceptors (Lipinski definition) is 5. The standard InChI is InChI=1S/C45H68O5/c1-3-5-7-9-11-13-15-17-19-21-22-24-25-27-29-31-33-35-37-39-44(47)49-42-43(41-46)50-45(48)40-38-36-34-32-30-28-26-23-20-18-16-14-12-10-8-6-4-2/h5-8,11-14,17-20,22,24,26-29,32,34,43,46H,3-4,9-10,15-16,21,23,25,30-31,33,35-42H2,1-2H3/b7-5-,8-6-,13-11-,14-12-,19-17-,20-18-,24-22-,28-26-,29-27-,34-32-/t43-/m0/s1. The van der Waals surface area contributed by atoms with E-state index in [2.05, 4.69) is 135 Å². The van der Waals surface area contributed by atoms with Crippen LogP contribution in [0.5, 0.6) is 0 Å². The van der Waals surface area contributed by atoms with Crippen molar-refractivity contribution in [3.63, 3.8) is 0 Å². The van der Waals surface area contributed by atoms with E-state index in [9.17, 15) is 14.7 Å². The third kappa shape index (κ3) is 37.1. The summed E-state index contributed by atoms with van der Waals surface area (Å²) in [4.78, 5) is 24.2. The van der Waals surface area contributed by atoms with Gasteiger partial charge in [-0.15, -0.1) is 0 Å². The SMILES string of the molecule is CC/C=C\C/C=C\C/C=C\C/C=C\C/C=C\CCCCCC(=O)OC[C@H](CO)OC(=O)CCC/C=C\C/C=C\C/C=C\C/C=C\C/C=C\CC. The molecular weight excluding hydrogens is 620 g/mol. The fourth-order valence-corrected chi connectivity index (χ4v) is 4.44. The molecule has 0 fully saturated rings. The second-order valence-electron chi connectivity index (χ2n) is 11.9. The number of ether oxygens (including phenoxy) is 2. The number of carbonyl (C=O) groups is 2. The Hall–Kier alpha value is -3.70. The lowest BCUT2D eigenvalue weighted by atomic mass is 10.1. The van der Waals surface area contributed by atoms with Crippen molar-refractivity contribution >= 4 is 11.9 Å². The van der Waals surface area contributed by atoms with Crippen molar-refractivity contribution in [2.45, 2.75) is 136 Å². The van der Waals surface area contributed by atoms with Crippen molar-refractivity contribution in [1.29, 1.82) is 0 Å². The average Bonchev–Trinajstić information content (AvgIpc) is 3.12. The minimum absolute atomic E-state index is 0.115. The van der Waals surface area contributed by atoms with E-state index in [1.54, 1.807) is 0 Å². The summed E-state index contributed by atoms with van der Waals surface area (Å²) in [7, 11) is 0. The Morgan fingerprint density at radius 2 is 0.820 bits per heavy atom. The van der Waals surface area contributed by atoms with Gasteiger partial charge in [0.25, 0.3) is 0 Å². The van der Waals surface area contributed by atoms with Crippen molar-refractivity contribution in [3.05, 3.63) is 122 Å². The molecule has 0 bridgehead atoms. The van der Waals surface area contributed by atoms with Gasteiger partial charge in [0, 0.05) is 12.8 Å². The highest BCUT2D eigenvalue weighted by molar-refractivity contribution is 5.70. The fourth-order valence-electron chi connectivity index (χ4n) is 4.44. The molecule has 0 heterocycles. The number of allylic oxidation sites excluding steroid dienone is 20. The van der Waals surface area contributed by atoms with E-state index in [-0.39, 0.29) is 31.6 Å². The molecular formula is C45H68O5. The molecule has 0 aliphatic heterocycles. The van der Waals surface area contributed by atoms with Gasteiger partial charge in [-0.3, -0.25) is 9.59 Å². The molecule has 0 aromatic heterocycles. The zero-order valence-corrected chi connectivity index (χ0v) is 31.3. The zero-order chi connectivity index (χ0) is 36.4. The third-order valence-corrected chi connectivity index (χ3v) is 7.25. The molecule has 5 nitrogen and oxygen atoms in total. The van der Waals surface area contributed by atoms with Crippen molar-refractivity contribution in [1.82, 2.24) is 0 Å². The molecule has 0 rings (SSSR count). The Morgan fingerprint density at radius 3 is 1.22 bits per heavy atom. The van der Waals surface area contributed by atoms with Gasteiger partial charge in [-0.05, 0) is 96.3 Å². The Balaban J connectivity index is 3.79. The number of aliphatic hydroxyl groups is 1. The van der Waals surface area contributed by atoms with Gasteiger partial charge in [-0.2, -0.15) is 0 Å². The van der Waals surface area contributed by atoms with Crippen molar-refractivity contribution in [3.8, 4) is 0 Å². The van der Waals surface area contributed by atoms with Crippen molar-refractivity contribution in [2.75, 3.05) is 13.2 Å². The lowest BCUT2D eigenvalue weighted by molar-refractivity contribution is -0.161. The minimum Gasteiger partial charge on any atom is -0.462 e. The molecule has 0 aliphatic carbocycles. The van der Waals surface area contributed by atoms with E-state index >= 15 is 0 Å². The average molecular weight is 689 g/mol. The highest BCUT2D eigenvalue weighted by atomic mass is 16.6. The molecule has 0 unspecified atom stereocenters. The Morgan fingerprint density at radius 1 is 0.460 bits per heavy atom. The maximum Gasteiger partial charge on any atom is 0.306 e. The molecule has 0 aromatic carbocycles. The normalized spacial score (nSPS) is 13.6. The number of aliphatic hydroxyl groups excluding tert-OH is 1. The molecule has 5 heteroatoms. The Kier molecular flexibility index (Phi) is 36.8. The first-order valence-corrected chi connectivity index (χ1v) is 19.1. The zero-order valence-electron chi connectivity index (χ0n) is 31.3. The van der Waals surface area contributed by atoms with Gasteiger partial charge in [0.15, 0.2) is 6.10 Å². The van der Waals surface area contributed by atoms with Gasteiger partial charge in [-0.1, -0.05) is 142 Å². The molecule has 50 heavy (non-hydrogen) atoms. The summed E-state index contributed by atoms with van der Waals surface area (Å²) in [6.07, 6.45) is 58.3. The second-order valence-corrected chi connectivity index (χ2v) is 11.9. The van der Waals surface area contributed by atoms with Crippen molar-refractivity contribution < 1.29 is 24.2 Å². The largest absolute Gasteiger partial charge is 0.462 e. The minimum atomic E-state index is -0.824. The molecule has 278 valence electrons. The van der Waals surface area contributed by atoms with E-state index < -0.39 is 6.10 Å². The molecule has 0 spiro atoms. The second kappa shape index (κ2) is 39.7. The van der Waals surface area contributed by atoms with Crippen LogP contribution >= 0.6 is 0 Å². The van der Waals surface area contributed by atoms with Gasteiger partial charge >= 0.3 is 11.9 Å². The summed E-state index contributed by atoms with van der Waals surface area (Å²) in [5.74, 6) is -0.713. The molecule has 0 saturated heterocycles. The summed E-state index contributed by atoms with van der Waals surface area (Å²) < 4.78 is 10.5. The summed E-state index contributed by atoms with van der Waals surface area (Å²) >= 11 is 0. The smallest absolute Gasteiger partial charge is 0.306 e. The lowest BCUT2D eigenvalue weighted by Gasteiger charge is -2.15. The molecule has 0 aromatic rings. The Labute approximate surface area is 305 Å². The van der Waals surface area contributed by atoms with Crippen LogP contribution < -0.4 is 0 Å². The number of esters is 2. The van der Waals surface area contributed by atoms with Crippen LogP contribution in [0, 0.1) is 0 Å². The van der Waals surface area contributed by atoms with Gasteiger partial charge < -0.3 is 14.6 Å². The third-order valence-electron chi connectivity index (χ3n) is 7.25. The maximum atomic E-state index is 12.1. The van der Waals surface area contributed by atoms with E-state index in [0.717, 1.165) is 96.3 Å². The number of rotatable bonds is 32. The van der Waals surface area contributed by atoms with Gasteiger partial charge in [0.1, 0.15) is 6.61 Å². The molecule has 0 amide bonds. The first-order valence-electron chi connectivity index (χ1n) is 19.1. The summed E-state index contributed by atoms with van der Waals surface area (Å²) in [6.45, 7) is 3.80. The summed E-state index contributed by atoms with van der Waals surface area (Å²) in [5, 5.41) is 9.54. The number of carbonyl (C=O) groups excluding carboxylic acids is 2. The maximum absolute atomic E-state index is 12.1. The lowest BCUT2D eigenvalue weighted by Crippen LogP contribution is -2.28. The van der Waals surface area contributed by atoms with E-state index in [1.165, 1.54) is 0 Å². The van der Waals surface area contributed by atoms with E-state index in [4.69, 9.17) is 9.47 Å². The number of hydrogen-bond donors (Lipinski definition) is 1. The number of unbranched alkanes of at least 4 members (excludes halogenated alkanes) is 4. The summed E-state index contributed by atoms with van der Waals surface area (Å²) in [6, 6.07) is 0. The highest BCUT2D eigenvalue weighted by Crippen LogP contribution is 2.08. The first kappa shape index (κ1) is 46.3. The van der Waals surface area contributed by atoms with Gasteiger partial charge in [-0.25, -0.2) is 0 Å². The van der Waals surface area contributed by atoms with Gasteiger partial charge in [0.2, 0.25) is 0 Å². The van der Waals surface area contributed by atoms with Crippen LogP contribution in [0.15, 0.2) is 122 Å². The fraction of sp³-hybridized carbons (Fsp3) is 0.511. The predicted molar refractivity (Wildman–Crippen MR) is 214 cm³/mol. The quantitative estimate of drug-likeness (QED) is 0.0433. The van der Waals surface area contributed by atoms with Crippen LogP contribution in [0.25, 0.3) is 0 Å². The highest BCUT2D eigenvalue weighted by Gasteiger charge is 2.15. The van der Waals surface area contributed by atoms with E-state index in [0.29, 0.717) is 12.8 Å². The Bertz CT molecular complexity index is 1100. The summed E-state index contributed by atoms with van der Waals surface area (Å²) in [5.41, 5.74) is 0. The van der Waals surface area contributed by atoms with Crippen LogP contribution in [0.3, 0.4) is 0 Å². The van der Waals surface area contributed by atoms with Crippen molar-refractivity contribution in [2.24, 2.45) is 0 Å². The van der Waals surface area contributed by atoms with Crippen LogP contribution in [0.2, 0.25) is 0 Å². The first-order chi connectivity index (χ1) is 24.6. The van der Waals surface area contributed by atoms with E-state index in [1.807, 2.05) is 0 Å². The molecule has 0 aliphatic rings. The monoisotopic (exact) mass is 689 g/mol. The predicted octanol–water partition coefficient (Wildman–Crippen LogP) is 12.1. The van der Waals surface area contributed by atoms with Crippen LogP contribution in [-0.2, 0) is 19.1 Å². The molecule has 1 atom stereocenters. The van der Waals surface area contributed by atoms with Crippen LogP contribution in [-0.4, -0.2) is 36.4 Å². The molecule has 1 N–H and O–H groups in total. The molecule has 0 saturated carbocycles.